The molecule has 1 aromatic rings. The summed E-state index contributed by atoms with van der Waals surface area (Å²) < 4.78 is 0. The van der Waals surface area contributed by atoms with Crippen molar-refractivity contribution in [2.75, 3.05) is 5.32 Å². The number of aromatic amines is 2. The highest BCUT2D eigenvalue weighted by Crippen LogP contribution is 2.18. The third-order valence-corrected chi connectivity index (χ3v) is 1.72. The SMILES string of the molecule is CC1C=Nc2c([nH]c(=O)[nH]c2=O)N1. The Balaban J connectivity index is 2.70. The van der Waals surface area contributed by atoms with Gasteiger partial charge in [0.2, 0.25) is 0 Å². The first-order valence-corrected chi connectivity index (χ1v) is 3.84. The topological polar surface area (TPSA) is 90.1 Å². The Morgan fingerprint density at radius 2 is 2.15 bits per heavy atom. The molecule has 1 aliphatic rings. The van der Waals surface area contributed by atoms with Crippen LogP contribution in [0.25, 0.3) is 0 Å². The lowest BCUT2D eigenvalue weighted by Crippen LogP contribution is -2.29. The number of rotatable bonds is 0. The van der Waals surface area contributed by atoms with Gasteiger partial charge in [-0.2, -0.15) is 0 Å². The lowest BCUT2D eigenvalue weighted by molar-refractivity contribution is 0.967. The Morgan fingerprint density at radius 3 is 2.92 bits per heavy atom. The Bertz CT molecular complexity index is 470. The van der Waals surface area contributed by atoms with Gasteiger partial charge in [-0.3, -0.25) is 14.8 Å². The molecule has 0 saturated heterocycles. The molecule has 0 radical (unpaired) electrons. The second-order valence-electron chi connectivity index (χ2n) is 2.84. The summed E-state index contributed by atoms with van der Waals surface area (Å²) in [5.74, 6) is 0.378. The molecule has 2 heterocycles. The number of aliphatic imine (C=N–C) groups is 1. The maximum atomic E-state index is 11.2. The summed E-state index contributed by atoms with van der Waals surface area (Å²) in [5, 5.41) is 2.92. The fraction of sp³-hybridized carbons (Fsp3) is 0.286. The van der Waals surface area contributed by atoms with Gasteiger partial charge in [-0.15, -0.1) is 0 Å². The predicted molar refractivity (Wildman–Crippen MR) is 48.9 cm³/mol. The summed E-state index contributed by atoms with van der Waals surface area (Å²) >= 11 is 0. The molecule has 0 amide bonds. The minimum Gasteiger partial charge on any atom is -0.362 e. The zero-order valence-electron chi connectivity index (χ0n) is 6.92. The molecule has 0 fully saturated rings. The minimum atomic E-state index is -0.527. The highest BCUT2D eigenvalue weighted by molar-refractivity contribution is 5.80. The van der Waals surface area contributed by atoms with Crippen molar-refractivity contribution in [2.45, 2.75) is 13.0 Å². The summed E-state index contributed by atoms with van der Waals surface area (Å²) in [6.45, 7) is 1.87. The van der Waals surface area contributed by atoms with Crippen LogP contribution in [0.1, 0.15) is 6.92 Å². The first kappa shape index (κ1) is 7.78. The third kappa shape index (κ3) is 1.26. The van der Waals surface area contributed by atoms with Crippen molar-refractivity contribution in [2.24, 2.45) is 4.99 Å². The van der Waals surface area contributed by atoms with Crippen LogP contribution in [-0.2, 0) is 0 Å². The van der Waals surface area contributed by atoms with E-state index in [0.29, 0.717) is 5.82 Å². The van der Waals surface area contributed by atoms with E-state index in [0.717, 1.165) is 0 Å². The smallest absolute Gasteiger partial charge is 0.327 e. The van der Waals surface area contributed by atoms with Gasteiger partial charge in [0.1, 0.15) is 5.82 Å². The number of aromatic nitrogens is 2. The number of hydrogen-bond donors (Lipinski definition) is 3. The van der Waals surface area contributed by atoms with Gasteiger partial charge in [0.05, 0.1) is 6.04 Å². The molecule has 0 aliphatic carbocycles. The predicted octanol–water partition coefficient (Wildman–Crippen LogP) is -0.421. The van der Waals surface area contributed by atoms with Gasteiger partial charge < -0.3 is 5.32 Å². The average molecular weight is 180 g/mol. The standard InChI is InChI=1S/C7H8N4O2/c1-3-2-8-4-5(9-3)10-7(13)11-6(4)12/h2-3H,1H3,(H3,9,10,11,12,13). The Hall–Kier alpha value is -1.85. The number of H-pyrrole nitrogens is 2. The third-order valence-electron chi connectivity index (χ3n) is 1.72. The summed E-state index contributed by atoms with van der Waals surface area (Å²) in [6.07, 6.45) is 1.61. The molecule has 1 atom stereocenters. The van der Waals surface area contributed by atoms with Crippen molar-refractivity contribution in [3.05, 3.63) is 20.8 Å². The van der Waals surface area contributed by atoms with Crippen LogP contribution in [0.2, 0.25) is 0 Å². The Kier molecular flexibility index (Phi) is 1.54. The van der Waals surface area contributed by atoms with Gasteiger partial charge in [-0.1, -0.05) is 0 Å². The molecule has 2 rings (SSSR count). The van der Waals surface area contributed by atoms with Crippen molar-refractivity contribution in [3.8, 4) is 0 Å². The fourth-order valence-electron chi connectivity index (χ4n) is 1.16. The van der Waals surface area contributed by atoms with Crippen LogP contribution in [0.3, 0.4) is 0 Å². The minimum absolute atomic E-state index is 0.0185. The van der Waals surface area contributed by atoms with E-state index < -0.39 is 11.2 Å². The van der Waals surface area contributed by atoms with Crippen molar-refractivity contribution >= 4 is 17.7 Å². The van der Waals surface area contributed by atoms with Crippen LogP contribution in [-0.4, -0.2) is 22.2 Å². The van der Waals surface area contributed by atoms with Crippen molar-refractivity contribution < 1.29 is 0 Å². The molecule has 6 heteroatoms. The van der Waals surface area contributed by atoms with Crippen LogP contribution < -0.4 is 16.6 Å². The lowest BCUT2D eigenvalue weighted by Gasteiger charge is -2.15. The van der Waals surface area contributed by atoms with E-state index >= 15 is 0 Å². The number of anilines is 1. The van der Waals surface area contributed by atoms with Crippen LogP contribution in [0.4, 0.5) is 11.5 Å². The van der Waals surface area contributed by atoms with E-state index in [1.807, 2.05) is 6.92 Å². The summed E-state index contributed by atoms with van der Waals surface area (Å²) in [5.41, 5.74) is -0.785. The summed E-state index contributed by atoms with van der Waals surface area (Å²) in [6, 6.07) is 0.0185. The van der Waals surface area contributed by atoms with Crippen LogP contribution in [0, 0.1) is 0 Å². The second kappa shape index (κ2) is 2.58. The van der Waals surface area contributed by atoms with Gasteiger partial charge in [0, 0.05) is 6.21 Å². The monoisotopic (exact) mass is 180 g/mol. The molecule has 1 aromatic heterocycles. The first-order chi connectivity index (χ1) is 6.16. The van der Waals surface area contributed by atoms with Crippen LogP contribution >= 0.6 is 0 Å². The molecule has 0 aromatic carbocycles. The zero-order chi connectivity index (χ0) is 9.42. The van der Waals surface area contributed by atoms with E-state index in [2.05, 4.69) is 20.3 Å². The molecular weight excluding hydrogens is 172 g/mol. The molecule has 0 saturated carbocycles. The zero-order valence-corrected chi connectivity index (χ0v) is 6.92. The molecule has 68 valence electrons. The van der Waals surface area contributed by atoms with Crippen LogP contribution in [0.15, 0.2) is 14.6 Å². The van der Waals surface area contributed by atoms with Crippen molar-refractivity contribution in [1.29, 1.82) is 0 Å². The number of nitrogens with zero attached hydrogens (tertiary/aromatic N) is 1. The number of nitrogens with one attached hydrogen (secondary N) is 3. The summed E-state index contributed by atoms with van der Waals surface area (Å²) in [7, 11) is 0. The molecule has 3 N–H and O–H groups in total. The maximum Gasteiger partial charge on any atom is 0.327 e. The molecule has 1 unspecified atom stereocenters. The van der Waals surface area contributed by atoms with Gasteiger partial charge in [0.25, 0.3) is 5.56 Å². The lowest BCUT2D eigenvalue weighted by atomic mass is 10.3. The normalized spacial score (nSPS) is 19.3. The fourth-order valence-corrected chi connectivity index (χ4v) is 1.16. The quantitative estimate of drug-likeness (QED) is 0.506. The Labute approximate surface area is 72.7 Å². The molecule has 0 spiro atoms. The number of hydrogen-bond acceptors (Lipinski definition) is 4. The molecule has 0 bridgehead atoms. The number of fused-ring (bicyclic) bond motifs is 1. The molecule has 1 aliphatic heterocycles. The van der Waals surface area contributed by atoms with Gasteiger partial charge >= 0.3 is 5.69 Å². The van der Waals surface area contributed by atoms with Crippen molar-refractivity contribution in [1.82, 2.24) is 9.97 Å². The highest BCUT2D eigenvalue weighted by atomic mass is 16.2. The van der Waals surface area contributed by atoms with E-state index in [-0.39, 0.29) is 11.7 Å². The highest BCUT2D eigenvalue weighted by Gasteiger charge is 2.13. The van der Waals surface area contributed by atoms with Crippen molar-refractivity contribution in [3.63, 3.8) is 0 Å². The van der Waals surface area contributed by atoms with Gasteiger partial charge in [-0.05, 0) is 6.92 Å². The van der Waals surface area contributed by atoms with E-state index in [4.69, 9.17) is 0 Å². The molecular formula is C7H8N4O2. The van der Waals surface area contributed by atoms with Gasteiger partial charge in [0.15, 0.2) is 5.69 Å². The van der Waals surface area contributed by atoms with E-state index in [9.17, 15) is 9.59 Å². The van der Waals surface area contributed by atoms with E-state index in [1.54, 1.807) is 6.21 Å². The first-order valence-electron chi connectivity index (χ1n) is 3.84. The van der Waals surface area contributed by atoms with Crippen LogP contribution in [0.5, 0.6) is 0 Å². The van der Waals surface area contributed by atoms with Gasteiger partial charge in [-0.25, -0.2) is 9.79 Å². The Morgan fingerprint density at radius 1 is 1.38 bits per heavy atom. The largest absolute Gasteiger partial charge is 0.362 e. The molecule has 13 heavy (non-hydrogen) atoms. The second-order valence-corrected chi connectivity index (χ2v) is 2.84. The summed E-state index contributed by atoms with van der Waals surface area (Å²) in [4.78, 5) is 30.5. The average Bonchev–Trinajstić information content (AvgIpc) is 2.02. The maximum absolute atomic E-state index is 11.2. The molecule has 6 nitrogen and oxygen atoms in total. The van der Waals surface area contributed by atoms with E-state index in [1.165, 1.54) is 0 Å².